The van der Waals surface area contributed by atoms with Crippen LogP contribution in [0, 0.1) is 5.41 Å². The molecule has 2 fully saturated rings. The van der Waals surface area contributed by atoms with Crippen LogP contribution in [-0.2, 0) is 4.79 Å². The minimum Gasteiger partial charge on any atom is -0.480 e. The Morgan fingerprint density at radius 1 is 1.18 bits per heavy atom. The van der Waals surface area contributed by atoms with Gasteiger partial charge in [-0.1, -0.05) is 6.92 Å². The molecule has 0 bridgehead atoms. The fraction of sp³-hybridized carbons (Fsp3) is 0.923. The summed E-state index contributed by atoms with van der Waals surface area (Å²) in [7, 11) is 0. The van der Waals surface area contributed by atoms with Gasteiger partial charge in [-0.2, -0.15) is 0 Å². The third-order valence-corrected chi connectivity index (χ3v) is 4.33. The molecule has 0 aromatic rings. The Balaban J connectivity index is 1.80. The third-order valence-electron chi connectivity index (χ3n) is 4.33. The van der Waals surface area contributed by atoms with Gasteiger partial charge >= 0.3 is 5.97 Å². The van der Waals surface area contributed by atoms with Crippen molar-refractivity contribution in [1.29, 1.82) is 0 Å². The van der Waals surface area contributed by atoms with Crippen molar-refractivity contribution in [3.8, 4) is 0 Å². The van der Waals surface area contributed by atoms with Crippen LogP contribution in [0.2, 0.25) is 0 Å². The van der Waals surface area contributed by atoms with Crippen molar-refractivity contribution in [3.05, 3.63) is 0 Å². The lowest BCUT2D eigenvalue weighted by Crippen LogP contribution is -2.43. The number of likely N-dealkylation sites (tertiary alicyclic amines) is 2. The van der Waals surface area contributed by atoms with Crippen LogP contribution in [0.25, 0.3) is 0 Å². The van der Waals surface area contributed by atoms with Crippen LogP contribution in [0.3, 0.4) is 0 Å². The molecule has 0 aromatic heterocycles. The normalized spacial score (nSPS) is 25.5. The molecular formula is C13H24N2O2. The first-order valence-electron chi connectivity index (χ1n) is 6.80. The number of aliphatic carboxylic acids is 1. The Labute approximate surface area is 104 Å². The van der Waals surface area contributed by atoms with Gasteiger partial charge in [0.1, 0.15) is 0 Å². The van der Waals surface area contributed by atoms with Gasteiger partial charge in [-0.05, 0) is 57.3 Å². The predicted octanol–water partition coefficient (Wildman–Crippen LogP) is 1.27. The number of hydrogen-bond donors (Lipinski definition) is 1. The molecule has 2 aliphatic rings. The summed E-state index contributed by atoms with van der Waals surface area (Å²) in [6.45, 7) is 8.09. The van der Waals surface area contributed by atoms with Gasteiger partial charge in [-0.3, -0.25) is 9.69 Å². The molecule has 98 valence electrons. The lowest BCUT2D eigenvalue weighted by atomic mass is 9.78. The first-order valence-corrected chi connectivity index (χ1v) is 6.80. The molecule has 0 radical (unpaired) electrons. The van der Waals surface area contributed by atoms with Gasteiger partial charge in [0.15, 0.2) is 0 Å². The monoisotopic (exact) mass is 240 g/mol. The SMILES string of the molecule is CCCN1CCC2(CCN(CC(=O)O)CC2)C1. The summed E-state index contributed by atoms with van der Waals surface area (Å²) in [5.74, 6) is -0.694. The summed E-state index contributed by atoms with van der Waals surface area (Å²) < 4.78 is 0. The Morgan fingerprint density at radius 3 is 2.29 bits per heavy atom. The number of piperidine rings is 1. The molecule has 2 aliphatic heterocycles. The minimum absolute atomic E-state index is 0.217. The van der Waals surface area contributed by atoms with E-state index in [1.165, 1.54) is 45.3 Å². The van der Waals surface area contributed by atoms with Crippen LogP contribution in [0.5, 0.6) is 0 Å². The number of hydrogen-bond acceptors (Lipinski definition) is 3. The molecule has 2 saturated heterocycles. The third kappa shape index (κ3) is 3.19. The molecule has 0 amide bonds. The summed E-state index contributed by atoms with van der Waals surface area (Å²) in [4.78, 5) is 15.3. The van der Waals surface area contributed by atoms with Crippen LogP contribution in [0.15, 0.2) is 0 Å². The van der Waals surface area contributed by atoms with Crippen molar-refractivity contribution in [2.75, 3.05) is 39.3 Å². The second kappa shape index (κ2) is 5.36. The highest BCUT2D eigenvalue weighted by Crippen LogP contribution is 2.40. The smallest absolute Gasteiger partial charge is 0.317 e. The number of rotatable bonds is 4. The average Bonchev–Trinajstić information content (AvgIpc) is 2.66. The Hall–Kier alpha value is -0.610. The molecule has 17 heavy (non-hydrogen) atoms. The molecule has 4 nitrogen and oxygen atoms in total. The van der Waals surface area contributed by atoms with Crippen LogP contribution in [0.1, 0.15) is 32.6 Å². The molecule has 4 heteroatoms. The minimum atomic E-state index is -0.694. The first-order chi connectivity index (χ1) is 8.13. The topological polar surface area (TPSA) is 43.8 Å². The van der Waals surface area contributed by atoms with Crippen LogP contribution < -0.4 is 0 Å². The number of carboxylic acids is 1. The fourth-order valence-electron chi connectivity index (χ4n) is 3.32. The molecule has 0 unspecified atom stereocenters. The Kier molecular flexibility index (Phi) is 4.05. The van der Waals surface area contributed by atoms with E-state index in [1.807, 2.05) is 0 Å². The molecule has 2 heterocycles. The summed E-state index contributed by atoms with van der Waals surface area (Å²) in [5, 5.41) is 8.78. The van der Waals surface area contributed by atoms with E-state index in [-0.39, 0.29) is 6.54 Å². The zero-order chi connectivity index (χ0) is 12.3. The summed E-state index contributed by atoms with van der Waals surface area (Å²) >= 11 is 0. The standard InChI is InChI=1S/C13H24N2O2/c1-2-6-15-9-5-13(11-15)3-7-14(8-4-13)10-12(16)17/h2-11H2,1H3,(H,16,17). The molecule has 0 saturated carbocycles. The number of carboxylic acid groups (broad SMARTS) is 1. The van der Waals surface area contributed by atoms with E-state index in [2.05, 4.69) is 16.7 Å². The fourth-order valence-corrected chi connectivity index (χ4v) is 3.32. The zero-order valence-corrected chi connectivity index (χ0v) is 10.8. The largest absolute Gasteiger partial charge is 0.480 e. The molecule has 0 aromatic carbocycles. The van der Waals surface area contributed by atoms with Crippen LogP contribution in [0.4, 0.5) is 0 Å². The molecule has 0 atom stereocenters. The van der Waals surface area contributed by atoms with Crippen LogP contribution in [-0.4, -0.2) is 60.1 Å². The number of nitrogens with zero attached hydrogens (tertiary/aromatic N) is 2. The maximum absolute atomic E-state index is 10.7. The molecule has 0 aliphatic carbocycles. The highest BCUT2D eigenvalue weighted by Gasteiger charge is 2.40. The van der Waals surface area contributed by atoms with Gasteiger partial charge in [0.05, 0.1) is 6.54 Å². The second-order valence-electron chi connectivity index (χ2n) is 5.70. The molecule has 1 N–H and O–H groups in total. The second-order valence-corrected chi connectivity index (χ2v) is 5.70. The van der Waals surface area contributed by atoms with Gasteiger partial charge in [0.2, 0.25) is 0 Å². The average molecular weight is 240 g/mol. The zero-order valence-electron chi connectivity index (χ0n) is 10.8. The van der Waals surface area contributed by atoms with Crippen molar-refractivity contribution in [2.45, 2.75) is 32.6 Å². The maximum Gasteiger partial charge on any atom is 0.317 e. The quantitative estimate of drug-likeness (QED) is 0.803. The van der Waals surface area contributed by atoms with Gasteiger partial charge in [-0.25, -0.2) is 0 Å². The Morgan fingerprint density at radius 2 is 1.76 bits per heavy atom. The van der Waals surface area contributed by atoms with Crippen molar-refractivity contribution in [2.24, 2.45) is 5.41 Å². The van der Waals surface area contributed by atoms with Gasteiger partial charge in [-0.15, -0.1) is 0 Å². The van der Waals surface area contributed by atoms with E-state index in [0.717, 1.165) is 13.1 Å². The van der Waals surface area contributed by atoms with E-state index in [9.17, 15) is 4.79 Å². The summed E-state index contributed by atoms with van der Waals surface area (Å²) in [5.41, 5.74) is 0.504. The van der Waals surface area contributed by atoms with Crippen molar-refractivity contribution >= 4 is 5.97 Å². The van der Waals surface area contributed by atoms with Crippen molar-refractivity contribution < 1.29 is 9.90 Å². The predicted molar refractivity (Wildman–Crippen MR) is 67.1 cm³/mol. The molecule has 2 rings (SSSR count). The van der Waals surface area contributed by atoms with Gasteiger partial charge in [0.25, 0.3) is 0 Å². The van der Waals surface area contributed by atoms with E-state index < -0.39 is 5.97 Å². The van der Waals surface area contributed by atoms with E-state index >= 15 is 0 Å². The maximum atomic E-state index is 10.7. The lowest BCUT2D eigenvalue weighted by Gasteiger charge is -2.38. The van der Waals surface area contributed by atoms with E-state index in [1.54, 1.807) is 0 Å². The molecule has 1 spiro atoms. The van der Waals surface area contributed by atoms with E-state index in [0.29, 0.717) is 5.41 Å². The highest BCUT2D eigenvalue weighted by molar-refractivity contribution is 5.69. The summed E-state index contributed by atoms with van der Waals surface area (Å²) in [6, 6.07) is 0. The van der Waals surface area contributed by atoms with Crippen LogP contribution >= 0.6 is 0 Å². The van der Waals surface area contributed by atoms with Gasteiger partial charge < -0.3 is 10.0 Å². The Bertz CT molecular complexity index is 273. The van der Waals surface area contributed by atoms with Gasteiger partial charge in [0, 0.05) is 6.54 Å². The summed E-state index contributed by atoms with van der Waals surface area (Å²) in [6.07, 6.45) is 4.91. The van der Waals surface area contributed by atoms with Crippen molar-refractivity contribution in [3.63, 3.8) is 0 Å². The lowest BCUT2D eigenvalue weighted by molar-refractivity contribution is -0.138. The molecular weight excluding hydrogens is 216 g/mol. The van der Waals surface area contributed by atoms with E-state index in [4.69, 9.17) is 5.11 Å². The van der Waals surface area contributed by atoms with Crippen molar-refractivity contribution in [1.82, 2.24) is 9.80 Å². The first kappa shape index (κ1) is 12.8. The highest BCUT2D eigenvalue weighted by atomic mass is 16.4. The number of carbonyl (C=O) groups is 1.